The van der Waals surface area contributed by atoms with Gasteiger partial charge in [-0.15, -0.1) is 0 Å². The number of halogens is 3. The lowest BCUT2D eigenvalue weighted by atomic mass is 10.1. The third-order valence-electron chi connectivity index (χ3n) is 5.44. The minimum Gasteiger partial charge on any atom is -0.457 e. The van der Waals surface area contributed by atoms with Gasteiger partial charge in [0.2, 0.25) is 0 Å². The summed E-state index contributed by atoms with van der Waals surface area (Å²) < 4.78 is 72.8. The summed E-state index contributed by atoms with van der Waals surface area (Å²) >= 11 is 0. The van der Waals surface area contributed by atoms with Gasteiger partial charge >= 0.3 is 6.18 Å². The van der Waals surface area contributed by atoms with Crippen LogP contribution in [0.2, 0.25) is 0 Å². The van der Waals surface area contributed by atoms with E-state index in [0.29, 0.717) is 34.9 Å². The molecule has 0 aliphatic rings. The third kappa shape index (κ3) is 5.18. The quantitative estimate of drug-likeness (QED) is 0.341. The number of aromatic nitrogens is 2. The fourth-order valence-electron chi connectivity index (χ4n) is 3.83. The first-order chi connectivity index (χ1) is 16.6. The van der Waals surface area contributed by atoms with Crippen molar-refractivity contribution in [2.45, 2.75) is 30.8 Å². The number of pyridine rings is 1. The SMILES string of the molecule is CCc1nc2c(C(F)(F)F)cccn2c1-c1cccc(Oc2cccc(S(=O)(=O)CCCO)c2)c1. The van der Waals surface area contributed by atoms with Crippen molar-refractivity contribution >= 4 is 15.5 Å². The maximum Gasteiger partial charge on any atom is 0.419 e. The molecule has 2 heterocycles. The van der Waals surface area contributed by atoms with E-state index in [1.807, 2.05) is 6.92 Å². The van der Waals surface area contributed by atoms with Crippen molar-refractivity contribution in [3.8, 4) is 22.8 Å². The summed E-state index contributed by atoms with van der Waals surface area (Å²) in [5.74, 6) is 0.494. The lowest BCUT2D eigenvalue weighted by Crippen LogP contribution is -2.08. The molecule has 0 unspecified atom stereocenters. The van der Waals surface area contributed by atoms with Gasteiger partial charge in [-0.1, -0.05) is 25.1 Å². The molecule has 10 heteroatoms. The van der Waals surface area contributed by atoms with Gasteiger partial charge in [-0.25, -0.2) is 13.4 Å². The van der Waals surface area contributed by atoms with Gasteiger partial charge in [-0.05, 0) is 55.3 Å². The molecule has 0 aliphatic heterocycles. The van der Waals surface area contributed by atoms with Gasteiger partial charge in [0.25, 0.3) is 0 Å². The van der Waals surface area contributed by atoms with E-state index in [1.165, 1.54) is 22.6 Å². The Labute approximate surface area is 200 Å². The summed E-state index contributed by atoms with van der Waals surface area (Å²) in [5.41, 5.74) is 0.666. The van der Waals surface area contributed by atoms with Gasteiger partial charge in [-0.3, -0.25) is 4.40 Å². The van der Waals surface area contributed by atoms with Crippen molar-refractivity contribution in [1.82, 2.24) is 9.38 Å². The summed E-state index contributed by atoms with van der Waals surface area (Å²) in [6.45, 7) is 1.59. The number of aryl methyl sites for hydroxylation is 1. The molecule has 0 saturated heterocycles. The normalized spacial score (nSPS) is 12.3. The lowest BCUT2D eigenvalue weighted by molar-refractivity contribution is -0.136. The molecule has 0 atom stereocenters. The fourth-order valence-corrected chi connectivity index (χ4v) is 5.16. The summed E-state index contributed by atoms with van der Waals surface area (Å²) in [6, 6.07) is 15.2. The molecular formula is C25H23F3N2O4S. The van der Waals surface area contributed by atoms with E-state index in [-0.39, 0.29) is 29.3 Å². The van der Waals surface area contributed by atoms with E-state index >= 15 is 0 Å². The first-order valence-electron chi connectivity index (χ1n) is 10.9. The van der Waals surface area contributed by atoms with Gasteiger partial charge in [0, 0.05) is 18.4 Å². The van der Waals surface area contributed by atoms with Crippen molar-refractivity contribution < 1.29 is 31.4 Å². The second kappa shape index (κ2) is 9.71. The molecule has 0 radical (unpaired) electrons. The average molecular weight is 505 g/mol. The zero-order chi connectivity index (χ0) is 25.2. The number of hydrogen-bond acceptors (Lipinski definition) is 5. The fraction of sp³-hybridized carbons (Fsp3) is 0.240. The molecule has 0 aliphatic carbocycles. The largest absolute Gasteiger partial charge is 0.457 e. The van der Waals surface area contributed by atoms with Crippen LogP contribution in [0.1, 0.15) is 24.6 Å². The first kappa shape index (κ1) is 24.7. The first-order valence-corrected chi connectivity index (χ1v) is 12.6. The van der Waals surface area contributed by atoms with Crippen LogP contribution in [0, 0.1) is 0 Å². The molecule has 184 valence electrons. The number of benzene rings is 2. The smallest absolute Gasteiger partial charge is 0.419 e. The number of sulfone groups is 1. The number of ether oxygens (including phenoxy) is 1. The molecule has 4 rings (SSSR count). The zero-order valence-electron chi connectivity index (χ0n) is 18.8. The molecule has 6 nitrogen and oxygen atoms in total. The number of alkyl halides is 3. The molecule has 0 fully saturated rings. The second-order valence-corrected chi connectivity index (χ2v) is 9.98. The standard InChI is InChI=1S/C25H23F3N2O4S/c1-2-22-23(30-12-5-11-21(24(30)29-22)25(26,27)28)17-7-3-8-18(15-17)34-19-9-4-10-20(16-19)35(32,33)14-6-13-31/h3-5,7-12,15-16,31H,2,6,13-14H2,1H3. The Kier molecular flexibility index (Phi) is 6.86. The number of aliphatic hydroxyl groups is 1. The molecule has 2 aromatic heterocycles. The molecule has 0 spiro atoms. The monoisotopic (exact) mass is 504 g/mol. The number of aliphatic hydroxyl groups excluding tert-OH is 1. The predicted octanol–water partition coefficient (Wildman–Crippen LogP) is 5.53. The van der Waals surface area contributed by atoms with E-state index < -0.39 is 21.6 Å². The van der Waals surface area contributed by atoms with Crippen molar-refractivity contribution in [2.24, 2.45) is 0 Å². The number of imidazole rings is 1. The van der Waals surface area contributed by atoms with Crippen LogP contribution < -0.4 is 4.74 Å². The molecule has 1 N–H and O–H groups in total. The van der Waals surface area contributed by atoms with E-state index in [1.54, 1.807) is 42.6 Å². The Morgan fingerprint density at radius 2 is 1.74 bits per heavy atom. The van der Waals surface area contributed by atoms with E-state index in [9.17, 15) is 21.6 Å². The van der Waals surface area contributed by atoms with Crippen LogP contribution in [0.25, 0.3) is 16.9 Å². The Balaban J connectivity index is 1.72. The molecule has 0 saturated carbocycles. The number of nitrogens with zero attached hydrogens (tertiary/aromatic N) is 2. The van der Waals surface area contributed by atoms with Crippen LogP contribution in [0.5, 0.6) is 11.5 Å². The summed E-state index contributed by atoms with van der Waals surface area (Å²) in [5, 5.41) is 8.94. The van der Waals surface area contributed by atoms with E-state index in [4.69, 9.17) is 9.84 Å². The maximum atomic E-state index is 13.5. The Morgan fingerprint density at radius 3 is 2.43 bits per heavy atom. The van der Waals surface area contributed by atoms with Crippen molar-refractivity contribution in [3.63, 3.8) is 0 Å². The van der Waals surface area contributed by atoms with Gasteiger partial charge in [0.1, 0.15) is 17.1 Å². The Hall–Kier alpha value is -3.37. The zero-order valence-corrected chi connectivity index (χ0v) is 19.6. The summed E-state index contributed by atoms with van der Waals surface area (Å²) in [6.07, 6.45) is -2.44. The number of hydrogen-bond donors (Lipinski definition) is 1. The Morgan fingerprint density at radius 1 is 1.03 bits per heavy atom. The van der Waals surface area contributed by atoms with Crippen LogP contribution in [0.4, 0.5) is 13.2 Å². The molecule has 0 amide bonds. The highest BCUT2D eigenvalue weighted by molar-refractivity contribution is 7.91. The lowest BCUT2D eigenvalue weighted by Gasteiger charge is -2.11. The third-order valence-corrected chi connectivity index (χ3v) is 7.24. The Bertz CT molecular complexity index is 1460. The minimum absolute atomic E-state index is 0.0781. The highest BCUT2D eigenvalue weighted by atomic mass is 32.2. The predicted molar refractivity (Wildman–Crippen MR) is 125 cm³/mol. The van der Waals surface area contributed by atoms with Gasteiger partial charge in [0.05, 0.1) is 27.6 Å². The van der Waals surface area contributed by atoms with Gasteiger partial charge in [-0.2, -0.15) is 13.2 Å². The van der Waals surface area contributed by atoms with E-state index in [2.05, 4.69) is 4.98 Å². The van der Waals surface area contributed by atoms with Crippen molar-refractivity contribution in [3.05, 3.63) is 78.1 Å². The highest BCUT2D eigenvalue weighted by Gasteiger charge is 2.34. The maximum absolute atomic E-state index is 13.5. The molecule has 2 aromatic carbocycles. The van der Waals surface area contributed by atoms with Crippen LogP contribution in [-0.4, -0.2) is 35.3 Å². The summed E-state index contributed by atoms with van der Waals surface area (Å²) in [4.78, 5) is 4.35. The van der Waals surface area contributed by atoms with Crippen LogP contribution in [0.3, 0.4) is 0 Å². The van der Waals surface area contributed by atoms with Crippen LogP contribution >= 0.6 is 0 Å². The van der Waals surface area contributed by atoms with Crippen LogP contribution in [0.15, 0.2) is 71.8 Å². The highest BCUT2D eigenvalue weighted by Crippen LogP contribution is 2.36. The summed E-state index contributed by atoms with van der Waals surface area (Å²) in [7, 11) is -3.57. The number of rotatable bonds is 8. The molecule has 35 heavy (non-hydrogen) atoms. The van der Waals surface area contributed by atoms with Crippen molar-refractivity contribution in [2.75, 3.05) is 12.4 Å². The van der Waals surface area contributed by atoms with Crippen molar-refractivity contribution in [1.29, 1.82) is 0 Å². The van der Waals surface area contributed by atoms with Gasteiger partial charge in [0.15, 0.2) is 9.84 Å². The topological polar surface area (TPSA) is 80.9 Å². The minimum atomic E-state index is -4.54. The molecule has 0 bridgehead atoms. The molecule has 4 aromatic rings. The second-order valence-electron chi connectivity index (χ2n) is 7.87. The average Bonchev–Trinajstić information content (AvgIpc) is 3.21. The molecular weight excluding hydrogens is 481 g/mol. The number of fused-ring (bicyclic) bond motifs is 1. The van der Waals surface area contributed by atoms with Gasteiger partial charge < -0.3 is 9.84 Å². The van der Waals surface area contributed by atoms with Crippen LogP contribution in [-0.2, 0) is 22.4 Å². The van der Waals surface area contributed by atoms with E-state index in [0.717, 1.165) is 6.07 Å².